The number of alkyl carbamates (subject to hydrolysis) is 1. The quantitative estimate of drug-likeness (QED) is 0.168. The number of carbonyl (C=O) groups excluding carboxylic acids is 1. The molecule has 0 aliphatic rings. The van der Waals surface area contributed by atoms with Crippen molar-refractivity contribution in [1.29, 1.82) is 0 Å². The van der Waals surface area contributed by atoms with Crippen molar-refractivity contribution in [2.75, 3.05) is 39.9 Å². The summed E-state index contributed by atoms with van der Waals surface area (Å²) in [6.07, 6.45) is 1.19. The van der Waals surface area contributed by atoms with Gasteiger partial charge in [-0.15, -0.1) is 24.0 Å². The highest BCUT2D eigenvalue weighted by Crippen LogP contribution is 2.28. The van der Waals surface area contributed by atoms with Crippen molar-refractivity contribution >= 4 is 36.0 Å². The fourth-order valence-corrected chi connectivity index (χ4v) is 2.60. The lowest BCUT2D eigenvalue weighted by Crippen LogP contribution is -2.40. The minimum absolute atomic E-state index is 0. The van der Waals surface area contributed by atoms with Crippen LogP contribution in [0.1, 0.15) is 46.6 Å². The Labute approximate surface area is 203 Å². The molecule has 0 atom stereocenters. The molecule has 9 heteroatoms. The van der Waals surface area contributed by atoms with Gasteiger partial charge in [0.25, 0.3) is 0 Å². The first-order valence-corrected chi connectivity index (χ1v) is 10.6. The fourth-order valence-electron chi connectivity index (χ4n) is 2.60. The Hall–Kier alpha value is -1.91. The Morgan fingerprint density at radius 3 is 2.19 bits per heavy atom. The molecule has 0 heterocycles. The minimum atomic E-state index is -0.485. The first-order chi connectivity index (χ1) is 14.3. The van der Waals surface area contributed by atoms with E-state index in [4.69, 9.17) is 14.2 Å². The van der Waals surface area contributed by atoms with Crippen molar-refractivity contribution in [3.8, 4) is 11.5 Å². The van der Waals surface area contributed by atoms with Crippen LogP contribution in [0.3, 0.4) is 0 Å². The molecule has 31 heavy (non-hydrogen) atoms. The Kier molecular flexibility index (Phi) is 14.9. The third-order valence-corrected chi connectivity index (χ3v) is 3.85. The van der Waals surface area contributed by atoms with Gasteiger partial charge in [-0.2, -0.15) is 0 Å². The first-order valence-electron chi connectivity index (χ1n) is 10.6. The summed E-state index contributed by atoms with van der Waals surface area (Å²) in [5.41, 5.74) is 0.674. The van der Waals surface area contributed by atoms with Crippen LogP contribution < -0.4 is 25.4 Å². The van der Waals surface area contributed by atoms with Gasteiger partial charge in [0.1, 0.15) is 5.60 Å². The zero-order chi connectivity index (χ0) is 22.4. The highest BCUT2D eigenvalue weighted by atomic mass is 127. The number of carbonyl (C=O) groups is 1. The number of nitrogens with one attached hydrogen (secondary N) is 3. The Morgan fingerprint density at radius 1 is 0.968 bits per heavy atom. The van der Waals surface area contributed by atoms with Crippen molar-refractivity contribution in [3.05, 3.63) is 23.8 Å². The maximum Gasteiger partial charge on any atom is 0.407 e. The van der Waals surface area contributed by atoms with Crippen LogP contribution in [0.5, 0.6) is 11.5 Å². The van der Waals surface area contributed by atoms with Gasteiger partial charge in [-0.3, -0.25) is 4.99 Å². The van der Waals surface area contributed by atoms with E-state index in [0.717, 1.165) is 42.4 Å². The average molecular weight is 550 g/mol. The molecule has 3 N–H and O–H groups in total. The van der Waals surface area contributed by atoms with Crippen molar-refractivity contribution in [3.63, 3.8) is 0 Å². The second-order valence-electron chi connectivity index (χ2n) is 7.61. The predicted octanol–water partition coefficient (Wildman–Crippen LogP) is 3.72. The normalized spacial score (nSPS) is 11.2. The van der Waals surface area contributed by atoms with E-state index in [9.17, 15) is 4.79 Å². The van der Waals surface area contributed by atoms with E-state index in [1.807, 2.05) is 52.8 Å². The number of aliphatic imine (C=N–C) groups is 1. The molecule has 8 nitrogen and oxygen atoms in total. The number of amides is 1. The molecule has 0 radical (unpaired) electrons. The summed E-state index contributed by atoms with van der Waals surface area (Å²) in [5.74, 6) is 2.27. The molecule has 0 saturated heterocycles. The van der Waals surface area contributed by atoms with Crippen LogP contribution in [0.4, 0.5) is 4.79 Å². The van der Waals surface area contributed by atoms with E-state index in [1.165, 1.54) is 0 Å². The maximum absolute atomic E-state index is 11.6. The largest absolute Gasteiger partial charge is 0.490 e. The zero-order valence-corrected chi connectivity index (χ0v) is 22.0. The number of halogens is 1. The lowest BCUT2D eigenvalue weighted by Gasteiger charge is -2.19. The third-order valence-electron chi connectivity index (χ3n) is 3.85. The van der Waals surface area contributed by atoms with Crippen LogP contribution in [-0.2, 0) is 11.2 Å². The summed E-state index contributed by atoms with van der Waals surface area (Å²) in [7, 11) is 1.73. The van der Waals surface area contributed by atoms with Crippen LogP contribution in [0.25, 0.3) is 0 Å². The Morgan fingerprint density at radius 2 is 1.58 bits per heavy atom. The second kappa shape index (κ2) is 15.8. The van der Waals surface area contributed by atoms with Crippen LogP contribution in [0, 0.1) is 0 Å². The Bertz CT molecular complexity index is 678. The van der Waals surface area contributed by atoms with E-state index in [2.05, 4.69) is 20.9 Å². The van der Waals surface area contributed by atoms with Gasteiger partial charge in [-0.25, -0.2) is 4.79 Å². The molecule has 178 valence electrons. The molecule has 1 amide bonds. The topological polar surface area (TPSA) is 93.2 Å². The lowest BCUT2D eigenvalue weighted by atomic mass is 10.1. The highest BCUT2D eigenvalue weighted by Gasteiger charge is 2.15. The smallest absolute Gasteiger partial charge is 0.407 e. The van der Waals surface area contributed by atoms with Crippen LogP contribution in [0.15, 0.2) is 23.2 Å². The number of guanidine groups is 1. The summed E-state index contributed by atoms with van der Waals surface area (Å²) in [5, 5.41) is 9.27. The van der Waals surface area contributed by atoms with Crippen LogP contribution in [0.2, 0.25) is 0 Å². The van der Waals surface area contributed by atoms with Crippen molar-refractivity contribution in [1.82, 2.24) is 16.0 Å². The van der Waals surface area contributed by atoms with E-state index in [-0.39, 0.29) is 24.0 Å². The summed E-state index contributed by atoms with van der Waals surface area (Å²) in [6.45, 7) is 12.6. The lowest BCUT2D eigenvalue weighted by molar-refractivity contribution is 0.0527. The Balaban J connectivity index is 0.00000900. The predicted molar refractivity (Wildman–Crippen MR) is 136 cm³/mol. The van der Waals surface area contributed by atoms with Gasteiger partial charge in [0.2, 0.25) is 0 Å². The SMILES string of the molecule is CCOc1ccc(CCNC(=NC)NCCCNC(=O)OC(C)(C)C)cc1OCC.I. The molecule has 0 unspecified atom stereocenters. The summed E-state index contributed by atoms with van der Waals surface area (Å²) in [6, 6.07) is 6.02. The molecule has 0 saturated carbocycles. The van der Waals surface area contributed by atoms with Gasteiger partial charge in [0.15, 0.2) is 17.5 Å². The highest BCUT2D eigenvalue weighted by molar-refractivity contribution is 14.0. The van der Waals surface area contributed by atoms with Gasteiger partial charge >= 0.3 is 6.09 Å². The molecular formula is C22H39IN4O4. The van der Waals surface area contributed by atoms with Gasteiger partial charge < -0.3 is 30.2 Å². The summed E-state index contributed by atoms with van der Waals surface area (Å²) >= 11 is 0. The monoisotopic (exact) mass is 550 g/mol. The molecule has 1 aromatic rings. The third kappa shape index (κ3) is 13.2. The van der Waals surface area contributed by atoms with E-state index in [1.54, 1.807) is 7.05 Å². The number of rotatable bonds is 11. The van der Waals surface area contributed by atoms with E-state index >= 15 is 0 Å². The number of ether oxygens (including phenoxy) is 3. The average Bonchev–Trinajstić information content (AvgIpc) is 2.67. The second-order valence-corrected chi connectivity index (χ2v) is 7.61. The molecule has 0 aliphatic carbocycles. The maximum atomic E-state index is 11.6. The number of hydrogen-bond donors (Lipinski definition) is 3. The standard InChI is InChI=1S/C22H38N4O4.HI/c1-7-28-18-11-10-17(16-19(18)29-8-2)12-15-25-20(23-6)24-13-9-14-26-21(27)30-22(3,4)5;/h10-11,16H,7-9,12-15H2,1-6H3,(H,26,27)(H2,23,24,25);1H. The van der Waals surface area contributed by atoms with Gasteiger partial charge in [0, 0.05) is 26.7 Å². The zero-order valence-electron chi connectivity index (χ0n) is 19.7. The molecule has 1 rings (SSSR count). The number of benzene rings is 1. The van der Waals surface area contributed by atoms with Crippen molar-refractivity contribution in [2.45, 2.75) is 53.1 Å². The fraction of sp³-hybridized carbons (Fsp3) is 0.636. The molecular weight excluding hydrogens is 511 g/mol. The molecule has 0 aliphatic heterocycles. The van der Waals surface area contributed by atoms with Crippen molar-refractivity contribution in [2.24, 2.45) is 4.99 Å². The van der Waals surface area contributed by atoms with Crippen LogP contribution in [-0.4, -0.2) is 57.5 Å². The number of hydrogen-bond acceptors (Lipinski definition) is 5. The molecule has 0 fully saturated rings. The molecule has 0 bridgehead atoms. The number of nitrogens with zero attached hydrogens (tertiary/aromatic N) is 1. The van der Waals surface area contributed by atoms with Gasteiger partial charge in [-0.1, -0.05) is 6.07 Å². The van der Waals surface area contributed by atoms with Gasteiger partial charge in [-0.05, 0) is 65.2 Å². The summed E-state index contributed by atoms with van der Waals surface area (Å²) in [4.78, 5) is 15.8. The van der Waals surface area contributed by atoms with Crippen molar-refractivity contribution < 1.29 is 19.0 Å². The molecule has 0 aromatic heterocycles. The summed E-state index contributed by atoms with van der Waals surface area (Å²) < 4.78 is 16.5. The van der Waals surface area contributed by atoms with E-state index in [0.29, 0.717) is 26.3 Å². The first kappa shape index (κ1) is 29.1. The molecule has 0 spiro atoms. The molecule has 1 aromatic carbocycles. The van der Waals surface area contributed by atoms with Crippen LogP contribution >= 0.6 is 24.0 Å². The van der Waals surface area contributed by atoms with Gasteiger partial charge in [0.05, 0.1) is 13.2 Å². The van der Waals surface area contributed by atoms with E-state index < -0.39 is 11.7 Å². The minimum Gasteiger partial charge on any atom is -0.490 e.